The van der Waals surface area contributed by atoms with Crippen LogP contribution in [-0.4, -0.2) is 30.4 Å². The average Bonchev–Trinajstić information content (AvgIpc) is 2.17. The highest BCUT2D eigenvalue weighted by atomic mass is 16.2. The Morgan fingerprint density at radius 2 is 2.17 bits per heavy atom. The lowest BCUT2D eigenvalue weighted by atomic mass is 9.98. The van der Waals surface area contributed by atoms with Gasteiger partial charge < -0.3 is 10.6 Å². The number of nitrogens with zero attached hydrogens (tertiary/aromatic N) is 1. The van der Waals surface area contributed by atoms with Crippen molar-refractivity contribution in [2.45, 2.75) is 12.8 Å². The van der Waals surface area contributed by atoms with Crippen LogP contribution in [0.5, 0.6) is 0 Å². The Balaban J connectivity index is 2.37. The molecule has 0 atom stereocenters. The number of likely N-dealkylation sites (tertiary alicyclic amines) is 1. The number of amides is 1. The summed E-state index contributed by atoms with van der Waals surface area (Å²) >= 11 is 0. The zero-order valence-electron chi connectivity index (χ0n) is 7.12. The normalized spacial score (nSPS) is 18.8. The van der Waals surface area contributed by atoms with Crippen molar-refractivity contribution in [3.05, 3.63) is 0 Å². The lowest BCUT2D eigenvalue weighted by molar-refractivity contribution is -0.130. The first-order valence-electron chi connectivity index (χ1n) is 4.22. The van der Waals surface area contributed by atoms with E-state index < -0.39 is 0 Å². The maximum absolute atomic E-state index is 11.1. The quantitative estimate of drug-likeness (QED) is 0.549. The summed E-state index contributed by atoms with van der Waals surface area (Å²) in [6.45, 7) is 1.65. The molecular formula is C9H14N2O. The fourth-order valence-corrected chi connectivity index (χ4v) is 1.42. The highest BCUT2D eigenvalue weighted by Crippen LogP contribution is 2.15. The molecule has 0 aromatic rings. The molecule has 0 aliphatic carbocycles. The number of piperidine rings is 1. The maximum atomic E-state index is 11.1. The minimum absolute atomic E-state index is 0.0328. The van der Waals surface area contributed by atoms with Crippen LogP contribution in [0.15, 0.2) is 0 Å². The van der Waals surface area contributed by atoms with Gasteiger partial charge in [0, 0.05) is 19.0 Å². The van der Waals surface area contributed by atoms with E-state index in [1.54, 1.807) is 4.90 Å². The van der Waals surface area contributed by atoms with E-state index >= 15 is 0 Å². The van der Waals surface area contributed by atoms with Gasteiger partial charge in [0.2, 0.25) is 5.91 Å². The summed E-state index contributed by atoms with van der Waals surface area (Å²) in [6, 6.07) is 0. The van der Waals surface area contributed by atoms with Gasteiger partial charge in [-0.2, -0.15) is 0 Å². The van der Waals surface area contributed by atoms with Crippen molar-refractivity contribution in [2.75, 3.05) is 19.6 Å². The van der Waals surface area contributed by atoms with Crippen LogP contribution >= 0.6 is 0 Å². The fourth-order valence-electron chi connectivity index (χ4n) is 1.42. The zero-order chi connectivity index (χ0) is 8.97. The Bertz CT molecular complexity index is 199. The van der Waals surface area contributed by atoms with Crippen molar-refractivity contribution in [3.63, 3.8) is 0 Å². The molecule has 12 heavy (non-hydrogen) atoms. The van der Waals surface area contributed by atoms with Crippen molar-refractivity contribution in [1.29, 1.82) is 0 Å². The Hall–Kier alpha value is -1.01. The molecule has 0 aromatic heterocycles. The van der Waals surface area contributed by atoms with E-state index in [4.69, 9.17) is 12.2 Å². The minimum Gasteiger partial charge on any atom is -0.342 e. The van der Waals surface area contributed by atoms with Gasteiger partial charge in [-0.1, -0.05) is 0 Å². The van der Waals surface area contributed by atoms with Gasteiger partial charge in [-0.25, -0.2) is 0 Å². The van der Waals surface area contributed by atoms with Crippen molar-refractivity contribution in [1.82, 2.24) is 4.90 Å². The lowest BCUT2D eigenvalue weighted by Gasteiger charge is -2.29. The van der Waals surface area contributed by atoms with E-state index in [0.29, 0.717) is 5.92 Å². The predicted molar refractivity (Wildman–Crippen MR) is 47.2 cm³/mol. The summed E-state index contributed by atoms with van der Waals surface area (Å²) in [7, 11) is 0. The van der Waals surface area contributed by atoms with Crippen molar-refractivity contribution in [3.8, 4) is 12.3 Å². The SMILES string of the molecule is C#CC1CCN(C(=O)CN)CC1. The molecule has 0 spiro atoms. The third kappa shape index (κ3) is 1.99. The molecule has 1 saturated heterocycles. The molecule has 2 N–H and O–H groups in total. The van der Waals surface area contributed by atoms with Crippen LogP contribution in [0.1, 0.15) is 12.8 Å². The third-order valence-corrected chi connectivity index (χ3v) is 2.26. The van der Waals surface area contributed by atoms with E-state index in [9.17, 15) is 4.79 Å². The van der Waals surface area contributed by atoms with Gasteiger partial charge >= 0.3 is 0 Å². The molecule has 0 aromatic carbocycles. The molecule has 0 saturated carbocycles. The van der Waals surface area contributed by atoms with Gasteiger partial charge in [0.1, 0.15) is 0 Å². The second kappa shape index (κ2) is 4.13. The molecule has 1 rings (SSSR count). The average molecular weight is 166 g/mol. The number of hydrogen-bond donors (Lipinski definition) is 1. The first-order chi connectivity index (χ1) is 5.77. The number of nitrogens with two attached hydrogens (primary N) is 1. The van der Waals surface area contributed by atoms with Gasteiger partial charge in [0.15, 0.2) is 0 Å². The maximum Gasteiger partial charge on any atom is 0.236 e. The van der Waals surface area contributed by atoms with Crippen LogP contribution in [0, 0.1) is 18.3 Å². The number of rotatable bonds is 1. The second-order valence-electron chi connectivity index (χ2n) is 3.03. The molecule has 1 fully saturated rings. The Morgan fingerprint density at radius 1 is 1.58 bits per heavy atom. The highest BCUT2D eigenvalue weighted by Gasteiger charge is 2.19. The minimum atomic E-state index is 0.0328. The summed E-state index contributed by atoms with van der Waals surface area (Å²) in [5.41, 5.74) is 5.24. The first-order valence-corrected chi connectivity index (χ1v) is 4.22. The van der Waals surface area contributed by atoms with Crippen LogP contribution in [0.3, 0.4) is 0 Å². The van der Waals surface area contributed by atoms with Gasteiger partial charge in [0.05, 0.1) is 6.54 Å². The molecule has 1 aliphatic heterocycles. The summed E-state index contributed by atoms with van der Waals surface area (Å²) in [5.74, 6) is 3.10. The smallest absolute Gasteiger partial charge is 0.236 e. The fraction of sp³-hybridized carbons (Fsp3) is 0.667. The van der Waals surface area contributed by atoms with Crippen molar-refractivity contribution in [2.24, 2.45) is 11.7 Å². The molecular weight excluding hydrogens is 152 g/mol. The number of terminal acetylenes is 1. The molecule has 3 heteroatoms. The molecule has 0 bridgehead atoms. The third-order valence-electron chi connectivity index (χ3n) is 2.26. The summed E-state index contributed by atoms with van der Waals surface area (Å²) in [5, 5.41) is 0. The predicted octanol–water partition coefficient (Wildman–Crippen LogP) is -0.183. The molecule has 1 amide bonds. The monoisotopic (exact) mass is 166 g/mol. The lowest BCUT2D eigenvalue weighted by Crippen LogP contribution is -2.41. The van der Waals surface area contributed by atoms with Crippen LogP contribution in [0.4, 0.5) is 0 Å². The second-order valence-corrected chi connectivity index (χ2v) is 3.03. The van der Waals surface area contributed by atoms with Gasteiger partial charge in [0.25, 0.3) is 0 Å². The Labute approximate surface area is 72.9 Å². The van der Waals surface area contributed by atoms with Crippen molar-refractivity contribution < 1.29 is 4.79 Å². The first kappa shape index (κ1) is 9.08. The number of hydrogen-bond acceptors (Lipinski definition) is 2. The topological polar surface area (TPSA) is 46.3 Å². The molecule has 66 valence electrons. The highest BCUT2D eigenvalue weighted by molar-refractivity contribution is 5.78. The van der Waals surface area contributed by atoms with Crippen LogP contribution in [-0.2, 0) is 4.79 Å². The molecule has 1 aliphatic rings. The van der Waals surface area contributed by atoms with E-state index in [-0.39, 0.29) is 12.5 Å². The largest absolute Gasteiger partial charge is 0.342 e. The van der Waals surface area contributed by atoms with Gasteiger partial charge in [-0.3, -0.25) is 4.79 Å². The standard InChI is InChI=1S/C9H14N2O/c1-2-8-3-5-11(6-4-8)9(12)7-10/h1,8H,3-7,10H2. The summed E-state index contributed by atoms with van der Waals surface area (Å²) < 4.78 is 0. The molecule has 1 heterocycles. The van der Waals surface area contributed by atoms with E-state index in [2.05, 4.69) is 5.92 Å². The van der Waals surface area contributed by atoms with Gasteiger partial charge in [-0.15, -0.1) is 12.3 Å². The molecule has 0 unspecified atom stereocenters. The van der Waals surface area contributed by atoms with Crippen molar-refractivity contribution >= 4 is 5.91 Å². The van der Waals surface area contributed by atoms with E-state index in [1.165, 1.54) is 0 Å². The summed E-state index contributed by atoms with van der Waals surface area (Å²) in [6.07, 6.45) is 7.12. The van der Waals surface area contributed by atoms with Crippen LogP contribution in [0.25, 0.3) is 0 Å². The Kier molecular flexibility index (Phi) is 3.12. The zero-order valence-corrected chi connectivity index (χ0v) is 7.12. The molecule has 0 radical (unpaired) electrons. The Morgan fingerprint density at radius 3 is 2.58 bits per heavy atom. The number of carbonyl (C=O) groups is 1. The molecule has 3 nitrogen and oxygen atoms in total. The van der Waals surface area contributed by atoms with Crippen LogP contribution in [0.2, 0.25) is 0 Å². The van der Waals surface area contributed by atoms with E-state index in [0.717, 1.165) is 25.9 Å². The van der Waals surface area contributed by atoms with Crippen LogP contribution < -0.4 is 5.73 Å². The van der Waals surface area contributed by atoms with E-state index in [1.807, 2.05) is 0 Å². The number of carbonyl (C=O) groups excluding carboxylic acids is 1. The summed E-state index contributed by atoms with van der Waals surface area (Å²) in [4.78, 5) is 12.9. The van der Waals surface area contributed by atoms with Gasteiger partial charge in [-0.05, 0) is 12.8 Å².